The molecule has 2 aromatic rings. The smallest absolute Gasteiger partial charge is 0.314 e. The first-order valence-electron chi connectivity index (χ1n) is 8.97. The van der Waals surface area contributed by atoms with E-state index in [1.165, 1.54) is 17.8 Å². The van der Waals surface area contributed by atoms with Crippen molar-refractivity contribution in [2.75, 3.05) is 5.32 Å². The average molecular weight is 432 g/mol. The molecule has 1 aliphatic heterocycles. The lowest BCUT2D eigenvalue weighted by Gasteiger charge is -2.23. The number of halogens is 3. The van der Waals surface area contributed by atoms with Gasteiger partial charge in [-0.15, -0.1) is 0 Å². The summed E-state index contributed by atoms with van der Waals surface area (Å²) in [6.45, 7) is 5.94. The molecular formula is C17H20ClF2N5O4. The summed E-state index contributed by atoms with van der Waals surface area (Å²) < 4.78 is 41.1. The maximum absolute atomic E-state index is 14.7. The molecule has 12 heteroatoms. The lowest BCUT2D eigenvalue weighted by atomic mass is 10.1. The van der Waals surface area contributed by atoms with Crippen molar-refractivity contribution in [2.45, 2.75) is 58.5 Å². The van der Waals surface area contributed by atoms with E-state index in [1.54, 1.807) is 13.8 Å². The highest BCUT2D eigenvalue weighted by molar-refractivity contribution is 6.33. The summed E-state index contributed by atoms with van der Waals surface area (Å²) in [6.07, 6.45) is -3.53. The monoisotopic (exact) mass is 431 g/mol. The molecule has 0 aliphatic carbocycles. The Hall–Kier alpha value is -2.40. The van der Waals surface area contributed by atoms with Crippen LogP contribution >= 0.6 is 11.6 Å². The van der Waals surface area contributed by atoms with Gasteiger partial charge < -0.3 is 9.47 Å². The molecule has 9 nitrogen and oxygen atoms in total. The lowest BCUT2D eigenvalue weighted by Crippen LogP contribution is -2.41. The summed E-state index contributed by atoms with van der Waals surface area (Å²) in [5.41, 5.74) is 0.182. The average Bonchev–Trinajstić information content (AvgIpc) is 3.14. The molecular weight excluding hydrogens is 412 g/mol. The van der Waals surface area contributed by atoms with E-state index in [1.807, 2.05) is 0 Å². The summed E-state index contributed by atoms with van der Waals surface area (Å²) in [7, 11) is 0. The van der Waals surface area contributed by atoms with Gasteiger partial charge in [-0.1, -0.05) is 32.4 Å². The second-order valence-electron chi connectivity index (χ2n) is 6.93. The molecule has 3 atom stereocenters. The fourth-order valence-corrected chi connectivity index (χ4v) is 3.19. The minimum Gasteiger partial charge on any atom is -0.451 e. The van der Waals surface area contributed by atoms with Crippen molar-refractivity contribution in [1.82, 2.24) is 19.5 Å². The van der Waals surface area contributed by atoms with Crippen LogP contribution in [0.5, 0.6) is 0 Å². The van der Waals surface area contributed by atoms with Crippen LogP contribution < -0.4 is 5.32 Å². The Bertz CT molecular complexity index is 951. The number of ether oxygens (including phenoxy) is 2. The molecule has 0 aromatic carbocycles. The van der Waals surface area contributed by atoms with Gasteiger partial charge in [0.2, 0.25) is 18.0 Å². The minimum atomic E-state index is -3.42. The summed E-state index contributed by atoms with van der Waals surface area (Å²) in [5, 5.41) is 2.43. The van der Waals surface area contributed by atoms with Gasteiger partial charge in [0, 0.05) is 12.8 Å². The molecule has 2 aromatic heterocycles. The molecule has 3 heterocycles. The highest BCUT2D eigenvalue weighted by Gasteiger charge is 2.61. The maximum Gasteiger partial charge on any atom is 0.314 e. The fourth-order valence-electron chi connectivity index (χ4n) is 2.98. The number of anilines is 1. The van der Waals surface area contributed by atoms with Gasteiger partial charge in [-0.05, 0) is 6.42 Å². The molecule has 1 fully saturated rings. The van der Waals surface area contributed by atoms with Crippen molar-refractivity contribution in [1.29, 1.82) is 0 Å². The number of esters is 1. The Kier molecular flexibility index (Phi) is 5.72. The standard InChI is InChI=1S/C17H20ClF2N5O4/c1-5-9-17(19,20)11(28-8(4)26)15(29-9)25-6-21-10-12(18)22-16(23-13(10)25)24-14(27)7(2)3/h6-7,9,11,15H,5H2,1-4H3,(H,22,23,24,27)/t9-,11+,15-/m1/s1. The van der Waals surface area contributed by atoms with Gasteiger partial charge in [-0.2, -0.15) is 18.7 Å². The zero-order valence-electron chi connectivity index (χ0n) is 16.1. The number of imidazole rings is 1. The number of hydrogen-bond donors (Lipinski definition) is 1. The van der Waals surface area contributed by atoms with E-state index >= 15 is 0 Å². The summed E-state index contributed by atoms with van der Waals surface area (Å²) >= 11 is 6.13. The SMILES string of the molecule is CC[C@H]1O[C@@H](n2cnc3c(Cl)nc(NC(=O)C(C)C)nc32)[C@H](OC(C)=O)C1(F)F. The van der Waals surface area contributed by atoms with Crippen molar-refractivity contribution in [2.24, 2.45) is 5.92 Å². The van der Waals surface area contributed by atoms with Gasteiger partial charge in [-0.25, -0.2) is 4.98 Å². The Morgan fingerprint density at radius 1 is 1.41 bits per heavy atom. The molecule has 0 bridgehead atoms. The molecule has 0 saturated carbocycles. The first-order valence-corrected chi connectivity index (χ1v) is 9.35. The van der Waals surface area contributed by atoms with Crippen LogP contribution in [0.4, 0.5) is 14.7 Å². The normalized spacial score (nSPS) is 23.5. The van der Waals surface area contributed by atoms with Crippen LogP contribution in [0.3, 0.4) is 0 Å². The highest BCUT2D eigenvalue weighted by atomic mass is 35.5. The molecule has 0 radical (unpaired) electrons. The second kappa shape index (κ2) is 7.79. The van der Waals surface area contributed by atoms with Gasteiger partial charge in [0.25, 0.3) is 0 Å². The zero-order valence-corrected chi connectivity index (χ0v) is 16.9. The van der Waals surface area contributed by atoms with Crippen LogP contribution in [-0.2, 0) is 19.1 Å². The Morgan fingerprint density at radius 3 is 2.69 bits per heavy atom. The Morgan fingerprint density at radius 2 is 2.10 bits per heavy atom. The molecule has 3 rings (SSSR count). The summed E-state index contributed by atoms with van der Waals surface area (Å²) in [4.78, 5) is 35.6. The first-order chi connectivity index (χ1) is 13.6. The van der Waals surface area contributed by atoms with Crippen molar-refractivity contribution in [3.8, 4) is 0 Å². The maximum atomic E-state index is 14.7. The van der Waals surface area contributed by atoms with Crippen LogP contribution in [-0.4, -0.2) is 49.5 Å². The van der Waals surface area contributed by atoms with Gasteiger partial charge in [0.1, 0.15) is 11.6 Å². The number of carbonyl (C=O) groups excluding carboxylic acids is 2. The molecule has 1 N–H and O–H groups in total. The van der Waals surface area contributed by atoms with E-state index in [0.29, 0.717) is 0 Å². The molecule has 0 spiro atoms. The van der Waals surface area contributed by atoms with E-state index < -0.39 is 30.3 Å². The number of fused-ring (bicyclic) bond motifs is 1. The minimum absolute atomic E-state index is 0.000664. The predicted octanol–water partition coefficient (Wildman–Crippen LogP) is 2.95. The first kappa shape index (κ1) is 21.3. The van der Waals surface area contributed by atoms with E-state index in [9.17, 15) is 18.4 Å². The van der Waals surface area contributed by atoms with Crippen LogP contribution in [0.15, 0.2) is 6.33 Å². The van der Waals surface area contributed by atoms with Crippen LogP contribution in [0.2, 0.25) is 5.15 Å². The third kappa shape index (κ3) is 3.88. The van der Waals surface area contributed by atoms with Gasteiger partial charge >= 0.3 is 11.9 Å². The number of aromatic nitrogens is 4. The van der Waals surface area contributed by atoms with Gasteiger partial charge in [0.05, 0.1) is 6.33 Å². The zero-order chi connectivity index (χ0) is 21.5. The third-order valence-electron chi connectivity index (χ3n) is 4.45. The predicted molar refractivity (Wildman–Crippen MR) is 98.5 cm³/mol. The summed E-state index contributed by atoms with van der Waals surface area (Å²) in [5.74, 6) is -5.09. The molecule has 0 unspecified atom stereocenters. The number of amides is 1. The Balaban J connectivity index is 2.07. The second-order valence-corrected chi connectivity index (χ2v) is 7.29. The van der Waals surface area contributed by atoms with Crippen molar-refractivity contribution < 1.29 is 27.8 Å². The number of nitrogens with zero attached hydrogens (tertiary/aromatic N) is 4. The molecule has 1 amide bonds. The Labute approximate surface area is 169 Å². The van der Waals surface area contributed by atoms with Gasteiger partial charge in [0.15, 0.2) is 17.0 Å². The molecule has 1 aliphatic rings. The topological polar surface area (TPSA) is 108 Å². The molecule has 1 saturated heterocycles. The number of hydrogen-bond acceptors (Lipinski definition) is 7. The van der Waals surface area contributed by atoms with E-state index in [2.05, 4.69) is 20.3 Å². The van der Waals surface area contributed by atoms with Crippen molar-refractivity contribution in [3.05, 3.63) is 11.5 Å². The molecule has 29 heavy (non-hydrogen) atoms. The summed E-state index contributed by atoms with van der Waals surface area (Å²) in [6, 6.07) is 0. The van der Waals surface area contributed by atoms with E-state index in [-0.39, 0.29) is 40.5 Å². The van der Waals surface area contributed by atoms with Crippen LogP contribution in [0.25, 0.3) is 11.2 Å². The van der Waals surface area contributed by atoms with E-state index in [4.69, 9.17) is 21.1 Å². The van der Waals surface area contributed by atoms with E-state index in [0.717, 1.165) is 6.92 Å². The van der Waals surface area contributed by atoms with Gasteiger partial charge in [-0.3, -0.25) is 19.5 Å². The lowest BCUT2D eigenvalue weighted by molar-refractivity contribution is -0.170. The number of carbonyl (C=O) groups is 2. The van der Waals surface area contributed by atoms with Crippen molar-refractivity contribution >= 4 is 40.6 Å². The largest absolute Gasteiger partial charge is 0.451 e. The number of nitrogens with one attached hydrogen (secondary N) is 1. The van der Waals surface area contributed by atoms with Crippen molar-refractivity contribution in [3.63, 3.8) is 0 Å². The quantitative estimate of drug-likeness (QED) is 0.572. The highest BCUT2D eigenvalue weighted by Crippen LogP contribution is 2.45. The third-order valence-corrected chi connectivity index (χ3v) is 4.71. The number of alkyl halides is 2. The van der Waals surface area contributed by atoms with Crippen LogP contribution in [0, 0.1) is 5.92 Å². The molecule has 158 valence electrons. The van der Waals surface area contributed by atoms with Crippen LogP contribution in [0.1, 0.15) is 40.3 Å². The number of rotatable bonds is 5. The fraction of sp³-hybridized carbons (Fsp3) is 0.588.